The number of amides is 1. The van der Waals surface area contributed by atoms with E-state index in [0.717, 1.165) is 5.52 Å². The Kier molecular flexibility index (Phi) is 4.61. The van der Waals surface area contributed by atoms with Crippen molar-refractivity contribution >= 4 is 29.9 Å². The molecule has 2 rings (SSSR count). The first-order valence-corrected chi connectivity index (χ1v) is 6.61. The average Bonchev–Trinajstić information content (AvgIpc) is 2.73. The van der Waals surface area contributed by atoms with Crippen LogP contribution in [0.3, 0.4) is 0 Å². The summed E-state index contributed by atoms with van der Waals surface area (Å²) >= 11 is 0. The Morgan fingerprint density at radius 3 is 2.95 bits per heavy atom. The van der Waals surface area contributed by atoms with Gasteiger partial charge in [0.2, 0.25) is 11.9 Å². The van der Waals surface area contributed by atoms with Crippen molar-refractivity contribution in [2.75, 3.05) is 12.3 Å². The summed E-state index contributed by atoms with van der Waals surface area (Å²) in [7, 11) is -0.541. The second kappa shape index (κ2) is 6.42. The largest absolute Gasteiger partial charge is 0.437 e. The van der Waals surface area contributed by atoms with E-state index in [1.807, 2.05) is 16.7 Å². The fourth-order valence-corrected chi connectivity index (χ4v) is 2.00. The summed E-state index contributed by atoms with van der Waals surface area (Å²) in [6.07, 6.45) is 3.82. The van der Waals surface area contributed by atoms with E-state index in [-0.39, 0.29) is 0 Å². The minimum atomic E-state index is -0.541. The lowest BCUT2D eigenvalue weighted by atomic mass is 9.89. The van der Waals surface area contributed by atoms with E-state index < -0.39 is 13.0 Å². The maximum Gasteiger partial charge on any atom is 0.373 e. The first kappa shape index (κ1) is 15.1. The number of hydrogen-bond acceptors (Lipinski definition) is 5. The zero-order valence-electron chi connectivity index (χ0n) is 11.8. The highest BCUT2D eigenvalue weighted by Gasteiger charge is 2.09. The van der Waals surface area contributed by atoms with Gasteiger partial charge >= 0.3 is 7.05 Å². The molecule has 0 fully saturated rings. The number of benzene rings is 1. The number of nitrogens with zero attached hydrogens (tertiary/aromatic N) is 2. The second-order valence-electron chi connectivity index (χ2n) is 4.70. The Labute approximate surface area is 122 Å². The van der Waals surface area contributed by atoms with Crippen molar-refractivity contribution in [1.29, 1.82) is 0 Å². The molecule has 0 aliphatic heterocycles. The summed E-state index contributed by atoms with van der Waals surface area (Å²) in [6.45, 7) is 2.78. The van der Waals surface area contributed by atoms with Crippen LogP contribution in [0.15, 0.2) is 30.4 Å². The maximum atomic E-state index is 11.2. The molecule has 0 aliphatic carbocycles. The molecule has 0 saturated carbocycles. The van der Waals surface area contributed by atoms with Crippen LogP contribution in [-0.4, -0.2) is 34.1 Å². The fraction of sp³-hybridized carbons (Fsp3) is 0.231. The van der Waals surface area contributed by atoms with Crippen LogP contribution in [0.25, 0.3) is 11.0 Å². The number of carbonyl (C=O) groups excluding carboxylic acids is 1. The van der Waals surface area contributed by atoms with Gasteiger partial charge in [0.25, 0.3) is 0 Å². The van der Waals surface area contributed by atoms with Gasteiger partial charge in [-0.15, -0.1) is 0 Å². The highest BCUT2D eigenvalue weighted by atomic mass is 16.2. The molecule has 110 valence electrons. The number of carbonyl (C=O) groups is 1. The van der Waals surface area contributed by atoms with Crippen LogP contribution in [-0.2, 0) is 6.54 Å². The molecule has 6 N–H and O–H groups in total. The van der Waals surface area contributed by atoms with Gasteiger partial charge in [0.15, 0.2) is 0 Å². The number of rotatable bonds is 6. The lowest BCUT2D eigenvalue weighted by molar-refractivity contribution is 0.100. The third kappa shape index (κ3) is 3.62. The summed E-state index contributed by atoms with van der Waals surface area (Å²) in [6, 6.07) is 5.06. The molecule has 0 saturated heterocycles. The quantitative estimate of drug-likeness (QED) is 0.439. The summed E-state index contributed by atoms with van der Waals surface area (Å²) in [4.78, 5) is 15.4. The molecule has 1 aromatic carbocycles. The van der Waals surface area contributed by atoms with Gasteiger partial charge in [-0.05, 0) is 25.0 Å². The SMILES string of the molecule is CB(O)NC/C=C/Cn1c(N)nc2cc(C(N)=O)ccc21. The Hall–Kier alpha value is -2.32. The lowest BCUT2D eigenvalue weighted by Gasteiger charge is -2.03. The number of imidazole rings is 1. The van der Waals surface area contributed by atoms with Crippen molar-refractivity contribution in [3.05, 3.63) is 35.9 Å². The van der Waals surface area contributed by atoms with Gasteiger partial charge < -0.3 is 26.3 Å². The van der Waals surface area contributed by atoms with Crippen molar-refractivity contribution in [3.63, 3.8) is 0 Å². The summed E-state index contributed by atoms with van der Waals surface area (Å²) in [5, 5.41) is 11.9. The summed E-state index contributed by atoms with van der Waals surface area (Å²) in [5.74, 6) is -0.117. The van der Waals surface area contributed by atoms with E-state index in [1.54, 1.807) is 25.0 Å². The number of hydrogen-bond donors (Lipinski definition) is 4. The minimum absolute atomic E-state index is 0.375. The first-order chi connectivity index (χ1) is 9.99. The van der Waals surface area contributed by atoms with Crippen LogP contribution in [0.2, 0.25) is 6.82 Å². The summed E-state index contributed by atoms with van der Waals surface area (Å²) < 4.78 is 1.83. The highest BCUT2D eigenvalue weighted by molar-refractivity contribution is 6.45. The fourth-order valence-electron chi connectivity index (χ4n) is 2.00. The minimum Gasteiger partial charge on any atom is -0.437 e. The Morgan fingerprint density at radius 2 is 2.29 bits per heavy atom. The number of primary amides is 1. The number of aromatic nitrogens is 2. The molecule has 1 amide bonds. The van der Waals surface area contributed by atoms with Crippen molar-refractivity contribution in [3.8, 4) is 0 Å². The van der Waals surface area contributed by atoms with Gasteiger partial charge in [0.1, 0.15) is 0 Å². The van der Waals surface area contributed by atoms with Crippen molar-refractivity contribution < 1.29 is 9.82 Å². The molecule has 0 spiro atoms. The topological polar surface area (TPSA) is 119 Å². The molecule has 0 radical (unpaired) electrons. The number of fused-ring (bicyclic) bond motifs is 1. The van der Waals surface area contributed by atoms with E-state index in [4.69, 9.17) is 16.5 Å². The Bertz CT molecular complexity index is 680. The number of nitrogens with two attached hydrogens (primary N) is 2. The number of anilines is 1. The van der Waals surface area contributed by atoms with Gasteiger partial charge in [-0.1, -0.05) is 12.2 Å². The maximum absolute atomic E-state index is 11.2. The van der Waals surface area contributed by atoms with Crippen LogP contribution in [0.5, 0.6) is 0 Å². The standard InChI is InChI=1S/C13H18BN5O2/c1-14(21)17-6-2-3-7-19-11-5-4-9(12(15)20)8-10(11)18-13(19)16/h2-5,8,17,21H,6-7H2,1H3,(H2,15,20)(H2,16,18)/b3-2+. The number of allylic oxidation sites excluding steroid dienone is 1. The van der Waals surface area contributed by atoms with E-state index in [0.29, 0.717) is 30.1 Å². The summed E-state index contributed by atoms with van der Waals surface area (Å²) in [5.41, 5.74) is 13.0. The molecule has 7 nitrogen and oxygen atoms in total. The van der Waals surface area contributed by atoms with Crippen LogP contribution >= 0.6 is 0 Å². The molecule has 1 aromatic heterocycles. The molecule has 0 unspecified atom stereocenters. The van der Waals surface area contributed by atoms with Crippen molar-refractivity contribution in [2.45, 2.75) is 13.4 Å². The van der Waals surface area contributed by atoms with Crippen molar-refractivity contribution in [1.82, 2.24) is 14.8 Å². The first-order valence-electron chi connectivity index (χ1n) is 6.61. The zero-order chi connectivity index (χ0) is 15.4. The Morgan fingerprint density at radius 1 is 1.52 bits per heavy atom. The molecule has 0 atom stereocenters. The normalized spacial score (nSPS) is 11.3. The molecule has 8 heteroatoms. The third-order valence-corrected chi connectivity index (χ3v) is 3.05. The van der Waals surface area contributed by atoms with Crippen LogP contribution in [0, 0.1) is 0 Å². The molecule has 0 bridgehead atoms. The number of nitrogens with one attached hydrogen (secondary N) is 1. The average molecular weight is 287 g/mol. The predicted molar refractivity (Wildman–Crippen MR) is 83.6 cm³/mol. The molecule has 1 heterocycles. The smallest absolute Gasteiger partial charge is 0.373 e. The highest BCUT2D eigenvalue weighted by Crippen LogP contribution is 2.19. The van der Waals surface area contributed by atoms with Gasteiger partial charge in [-0.25, -0.2) is 4.98 Å². The number of nitrogen functional groups attached to an aromatic ring is 1. The van der Waals surface area contributed by atoms with E-state index in [1.165, 1.54) is 0 Å². The predicted octanol–water partition coefficient (Wildman–Crippen LogP) is -0.0265. The molecule has 0 aliphatic rings. The monoisotopic (exact) mass is 287 g/mol. The molecular formula is C13H18BN5O2. The van der Waals surface area contributed by atoms with Crippen LogP contribution < -0.4 is 16.7 Å². The van der Waals surface area contributed by atoms with Crippen LogP contribution in [0.1, 0.15) is 10.4 Å². The molecule has 21 heavy (non-hydrogen) atoms. The third-order valence-electron chi connectivity index (χ3n) is 3.05. The van der Waals surface area contributed by atoms with Gasteiger partial charge in [-0.2, -0.15) is 0 Å². The van der Waals surface area contributed by atoms with E-state index in [2.05, 4.69) is 10.2 Å². The van der Waals surface area contributed by atoms with Gasteiger partial charge in [0, 0.05) is 18.7 Å². The van der Waals surface area contributed by atoms with Gasteiger partial charge in [-0.3, -0.25) is 4.79 Å². The Balaban J connectivity index is 2.16. The van der Waals surface area contributed by atoms with Crippen molar-refractivity contribution in [2.24, 2.45) is 5.73 Å². The van der Waals surface area contributed by atoms with Gasteiger partial charge in [0.05, 0.1) is 11.0 Å². The van der Waals surface area contributed by atoms with Crippen LogP contribution in [0.4, 0.5) is 5.95 Å². The lowest BCUT2D eigenvalue weighted by Crippen LogP contribution is -2.30. The van der Waals surface area contributed by atoms with E-state index >= 15 is 0 Å². The zero-order valence-corrected chi connectivity index (χ0v) is 11.8. The van der Waals surface area contributed by atoms with E-state index in [9.17, 15) is 4.79 Å². The molecule has 2 aromatic rings. The molecular weight excluding hydrogens is 269 g/mol. The second-order valence-corrected chi connectivity index (χ2v) is 4.70.